The maximum absolute atomic E-state index is 13.1. The highest BCUT2D eigenvalue weighted by atomic mass is 35.5. The largest absolute Gasteiger partial charge is 0.339 e. The van der Waals surface area contributed by atoms with Crippen molar-refractivity contribution in [3.8, 4) is 0 Å². The maximum atomic E-state index is 13.1. The molecule has 0 spiro atoms. The monoisotopic (exact) mass is 465 g/mol. The Kier molecular flexibility index (Phi) is 6.13. The fourth-order valence-electron chi connectivity index (χ4n) is 3.66. The van der Waals surface area contributed by atoms with E-state index >= 15 is 0 Å². The molecule has 0 aliphatic carbocycles. The van der Waals surface area contributed by atoms with E-state index in [1.165, 1.54) is 16.8 Å². The number of pyridine rings is 1. The van der Waals surface area contributed by atoms with E-state index in [2.05, 4.69) is 15.3 Å². The van der Waals surface area contributed by atoms with Gasteiger partial charge < -0.3 is 9.88 Å². The average Bonchev–Trinajstić information content (AvgIpc) is 3.35. The van der Waals surface area contributed by atoms with Crippen molar-refractivity contribution in [1.82, 2.24) is 24.2 Å². The lowest BCUT2D eigenvalue weighted by atomic mass is 9.95. The summed E-state index contributed by atoms with van der Waals surface area (Å²) in [7, 11) is -1.95. The summed E-state index contributed by atoms with van der Waals surface area (Å²) >= 11 is 12.3. The third-order valence-electron chi connectivity index (χ3n) is 5.25. The predicted octanol–water partition coefficient (Wildman–Crippen LogP) is 3.07. The van der Waals surface area contributed by atoms with Crippen LogP contribution in [0.25, 0.3) is 0 Å². The van der Waals surface area contributed by atoms with Crippen LogP contribution in [0.5, 0.6) is 0 Å². The van der Waals surface area contributed by atoms with E-state index < -0.39 is 10.0 Å². The average molecular weight is 466 g/mol. The van der Waals surface area contributed by atoms with Crippen LogP contribution in [0.4, 0.5) is 0 Å². The minimum Gasteiger partial charge on any atom is -0.339 e. The standard InChI is InChI=1S/C20H21Cl2N5O2S/c1-26-12-20(25-13-26)30(28,29)27-10-17(14-3-2-6-23-8-14)19(11-27)24-9-15-4-5-16(21)7-18(15)22/h2-8,12-13,17,19,24H,9-11H2,1H3/t17-,19+/m0/s1. The quantitative estimate of drug-likeness (QED) is 0.604. The van der Waals surface area contributed by atoms with E-state index in [1.54, 1.807) is 36.1 Å². The van der Waals surface area contributed by atoms with Gasteiger partial charge in [-0.25, -0.2) is 13.4 Å². The van der Waals surface area contributed by atoms with Crippen LogP contribution in [0, 0.1) is 0 Å². The number of hydrogen-bond acceptors (Lipinski definition) is 5. The molecule has 0 saturated carbocycles. The van der Waals surface area contributed by atoms with Crippen molar-refractivity contribution in [3.05, 3.63) is 76.4 Å². The molecule has 0 bridgehead atoms. The fourth-order valence-corrected chi connectivity index (χ4v) is 5.60. The molecular weight excluding hydrogens is 445 g/mol. The number of halogens is 2. The Morgan fingerprint density at radius 1 is 1.23 bits per heavy atom. The Hall–Kier alpha value is -1.97. The van der Waals surface area contributed by atoms with Gasteiger partial charge in [-0.15, -0.1) is 0 Å². The molecule has 0 unspecified atom stereocenters. The molecule has 7 nitrogen and oxygen atoms in total. The molecule has 2 aromatic heterocycles. The first-order valence-corrected chi connectivity index (χ1v) is 11.6. The minimum absolute atomic E-state index is 0.0522. The fraction of sp³-hybridized carbons (Fsp3) is 0.300. The third kappa shape index (κ3) is 4.38. The third-order valence-corrected chi connectivity index (χ3v) is 7.56. The molecule has 2 atom stereocenters. The number of aromatic nitrogens is 3. The van der Waals surface area contributed by atoms with Crippen LogP contribution >= 0.6 is 23.2 Å². The number of benzene rings is 1. The second-order valence-electron chi connectivity index (χ2n) is 7.32. The lowest BCUT2D eigenvalue weighted by Crippen LogP contribution is -2.36. The molecule has 0 radical (unpaired) electrons. The van der Waals surface area contributed by atoms with E-state index in [-0.39, 0.29) is 17.0 Å². The van der Waals surface area contributed by atoms with Gasteiger partial charge in [0.1, 0.15) is 0 Å². The molecule has 1 saturated heterocycles. The zero-order valence-electron chi connectivity index (χ0n) is 16.2. The normalized spacial score (nSPS) is 20.0. The van der Waals surface area contributed by atoms with Crippen LogP contribution < -0.4 is 5.32 Å². The van der Waals surface area contributed by atoms with Crippen molar-refractivity contribution < 1.29 is 8.42 Å². The molecule has 1 aliphatic heterocycles. The summed E-state index contributed by atoms with van der Waals surface area (Å²) in [6.07, 6.45) is 6.49. The summed E-state index contributed by atoms with van der Waals surface area (Å²) in [5.74, 6) is -0.0525. The van der Waals surface area contributed by atoms with Crippen LogP contribution in [0.3, 0.4) is 0 Å². The van der Waals surface area contributed by atoms with Crippen molar-refractivity contribution in [2.75, 3.05) is 13.1 Å². The molecular formula is C20H21Cl2N5O2S. The molecule has 3 heterocycles. The summed E-state index contributed by atoms with van der Waals surface area (Å²) < 4.78 is 29.3. The van der Waals surface area contributed by atoms with Crippen molar-refractivity contribution in [1.29, 1.82) is 0 Å². The molecule has 1 aromatic carbocycles. The van der Waals surface area contributed by atoms with Crippen molar-refractivity contribution in [2.45, 2.75) is 23.5 Å². The number of nitrogens with zero attached hydrogens (tertiary/aromatic N) is 4. The summed E-state index contributed by atoms with van der Waals surface area (Å²) in [6.45, 7) is 1.16. The zero-order chi connectivity index (χ0) is 21.3. The highest BCUT2D eigenvalue weighted by Gasteiger charge is 2.40. The highest BCUT2D eigenvalue weighted by Crippen LogP contribution is 2.31. The van der Waals surface area contributed by atoms with Gasteiger partial charge in [-0.2, -0.15) is 4.31 Å². The molecule has 1 aliphatic rings. The summed E-state index contributed by atoms with van der Waals surface area (Å²) in [5.41, 5.74) is 1.88. The van der Waals surface area contributed by atoms with E-state index in [1.807, 2.05) is 18.2 Å². The van der Waals surface area contributed by atoms with Gasteiger partial charge >= 0.3 is 0 Å². The van der Waals surface area contributed by atoms with Crippen LogP contribution in [-0.2, 0) is 23.6 Å². The smallest absolute Gasteiger partial charge is 0.262 e. The molecule has 10 heteroatoms. The van der Waals surface area contributed by atoms with E-state index in [4.69, 9.17) is 23.2 Å². The summed E-state index contributed by atoms with van der Waals surface area (Å²) in [4.78, 5) is 8.25. The van der Waals surface area contributed by atoms with Gasteiger partial charge in [0.05, 0.1) is 6.33 Å². The molecule has 1 fully saturated rings. The molecule has 1 N–H and O–H groups in total. The number of nitrogens with one attached hydrogen (secondary N) is 1. The first-order chi connectivity index (χ1) is 14.3. The van der Waals surface area contributed by atoms with Gasteiger partial charge in [-0.3, -0.25) is 4.98 Å². The summed E-state index contributed by atoms with van der Waals surface area (Å²) in [5, 5.41) is 4.68. The molecule has 3 aromatic rings. The number of rotatable bonds is 6. The molecule has 4 rings (SSSR count). The van der Waals surface area contributed by atoms with Gasteiger partial charge in [0.2, 0.25) is 0 Å². The van der Waals surface area contributed by atoms with Crippen molar-refractivity contribution in [3.63, 3.8) is 0 Å². The van der Waals surface area contributed by atoms with Gasteiger partial charge in [-0.05, 0) is 29.3 Å². The zero-order valence-corrected chi connectivity index (χ0v) is 18.6. The predicted molar refractivity (Wildman–Crippen MR) is 116 cm³/mol. The van der Waals surface area contributed by atoms with Crippen molar-refractivity contribution >= 4 is 33.2 Å². The van der Waals surface area contributed by atoms with Crippen LogP contribution in [0.15, 0.2) is 60.3 Å². The van der Waals surface area contributed by atoms with Crippen molar-refractivity contribution in [2.24, 2.45) is 7.05 Å². The van der Waals surface area contributed by atoms with Crippen LogP contribution in [0.1, 0.15) is 17.0 Å². The SMILES string of the molecule is Cn1cnc(S(=O)(=O)N2C[C@@H](NCc3ccc(Cl)cc3Cl)[C@H](c3cccnc3)C2)c1. The molecule has 30 heavy (non-hydrogen) atoms. The van der Waals surface area contributed by atoms with E-state index in [9.17, 15) is 8.42 Å². The Balaban J connectivity index is 1.58. The Morgan fingerprint density at radius 2 is 2.07 bits per heavy atom. The second-order valence-corrected chi connectivity index (χ2v) is 10.0. The molecule has 158 valence electrons. The number of aryl methyl sites for hydroxylation is 1. The lowest BCUT2D eigenvalue weighted by molar-refractivity contribution is 0.454. The van der Waals surface area contributed by atoms with Crippen LogP contribution in [-0.4, -0.2) is 46.4 Å². The topological polar surface area (TPSA) is 80.1 Å². The van der Waals surface area contributed by atoms with E-state index in [0.29, 0.717) is 29.7 Å². The van der Waals surface area contributed by atoms with Gasteiger partial charge in [-0.1, -0.05) is 35.3 Å². The molecule has 0 amide bonds. The Bertz CT molecular complexity index is 1140. The number of sulfonamides is 1. The van der Waals surface area contributed by atoms with E-state index in [0.717, 1.165) is 11.1 Å². The summed E-state index contributed by atoms with van der Waals surface area (Å²) in [6, 6.07) is 9.07. The first kappa shape index (κ1) is 21.3. The Labute approximate surface area is 185 Å². The van der Waals surface area contributed by atoms with Gasteiger partial charge in [0.15, 0.2) is 5.03 Å². The number of hydrogen-bond donors (Lipinski definition) is 1. The maximum Gasteiger partial charge on any atom is 0.262 e. The van der Waals surface area contributed by atoms with Gasteiger partial charge in [0, 0.05) is 67.3 Å². The van der Waals surface area contributed by atoms with Crippen LogP contribution in [0.2, 0.25) is 10.0 Å². The second kappa shape index (κ2) is 8.64. The van der Waals surface area contributed by atoms with Gasteiger partial charge in [0.25, 0.3) is 10.0 Å². The first-order valence-electron chi connectivity index (χ1n) is 9.40. The lowest BCUT2D eigenvalue weighted by Gasteiger charge is -2.20. The Morgan fingerprint density at radius 3 is 2.73 bits per heavy atom. The number of imidazole rings is 1. The highest BCUT2D eigenvalue weighted by molar-refractivity contribution is 7.89. The minimum atomic E-state index is -3.69.